The molecule has 1 unspecified atom stereocenters. The Morgan fingerprint density at radius 1 is 1.20 bits per heavy atom. The van der Waals surface area contributed by atoms with E-state index in [1.54, 1.807) is 24.3 Å². The van der Waals surface area contributed by atoms with Gasteiger partial charge in [0.15, 0.2) is 0 Å². The Bertz CT molecular complexity index is 899. The number of rotatable bonds is 4. The Labute approximate surface area is 146 Å². The summed E-state index contributed by atoms with van der Waals surface area (Å²) < 4.78 is 41.2. The largest absolute Gasteiger partial charge is 0.353 e. The molecule has 2 aromatic carbocycles. The van der Waals surface area contributed by atoms with Gasteiger partial charge in [0.25, 0.3) is 0 Å². The van der Waals surface area contributed by atoms with Crippen molar-refractivity contribution in [3.05, 3.63) is 71.0 Å². The van der Waals surface area contributed by atoms with Crippen LogP contribution in [0.5, 0.6) is 0 Å². The number of amides is 1. The number of halogens is 1. The number of benzene rings is 2. The van der Waals surface area contributed by atoms with Gasteiger partial charge in [-0.1, -0.05) is 48.0 Å². The van der Waals surface area contributed by atoms with Gasteiger partial charge in [-0.25, -0.2) is 12.8 Å². The predicted molar refractivity (Wildman–Crippen MR) is 92.7 cm³/mol. The Balaban J connectivity index is 1.97. The number of carbonyl (C=O) groups is 1. The lowest BCUT2D eigenvalue weighted by molar-refractivity contribution is -0.127. The van der Waals surface area contributed by atoms with Crippen LogP contribution in [0.1, 0.15) is 22.7 Å². The van der Waals surface area contributed by atoms with Gasteiger partial charge < -0.3 is 5.32 Å². The lowest BCUT2D eigenvalue weighted by Gasteiger charge is -2.34. The van der Waals surface area contributed by atoms with Crippen molar-refractivity contribution >= 4 is 15.9 Å². The summed E-state index contributed by atoms with van der Waals surface area (Å²) in [5.41, 5.74) is 1.65. The number of nitrogens with zero attached hydrogens (tertiary/aromatic N) is 1. The zero-order valence-electron chi connectivity index (χ0n) is 13.8. The number of aryl methyl sites for hydroxylation is 1. The van der Waals surface area contributed by atoms with Crippen LogP contribution in [0.2, 0.25) is 0 Å². The van der Waals surface area contributed by atoms with Gasteiger partial charge in [-0.2, -0.15) is 4.31 Å². The number of hydrogen-bond donors (Lipinski definition) is 1. The fraction of sp³-hybridized carbons (Fsp3) is 0.278. The van der Waals surface area contributed by atoms with Crippen molar-refractivity contribution in [1.29, 1.82) is 0 Å². The molecule has 5 nitrogen and oxygen atoms in total. The number of nitrogens with one attached hydrogen (secondary N) is 1. The van der Waals surface area contributed by atoms with E-state index in [9.17, 15) is 17.6 Å². The van der Waals surface area contributed by atoms with Crippen molar-refractivity contribution in [2.24, 2.45) is 0 Å². The molecule has 132 valence electrons. The maximum atomic E-state index is 14.2. The highest BCUT2D eigenvalue weighted by Crippen LogP contribution is 2.29. The van der Waals surface area contributed by atoms with Crippen molar-refractivity contribution in [3.63, 3.8) is 0 Å². The van der Waals surface area contributed by atoms with Gasteiger partial charge in [-0.05, 0) is 18.6 Å². The molecule has 0 saturated carbocycles. The third kappa shape index (κ3) is 3.72. The molecule has 2 aromatic rings. The highest BCUT2D eigenvalue weighted by atomic mass is 32.2. The van der Waals surface area contributed by atoms with Gasteiger partial charge in [0, 0.05) is 18.7 Å². The Morgan fingerprint density at radius 3 is 2.68 bits per heavy atom. The van der Waals surface area contributed by atoms with Gasteiger partial charge in [-0.3, -0.25) is 4.79 Å². The van der Waals surface area contributed by atoms with Crippen molar-refractivity contribution in [2.45, 2.75) is 18.7 Å². The number of hydrogen-bond acceptors (Lipinski definition) is 3. The summed E-state index contributed by atoms with van der Waals surface area (Å²) in [7, 11) is -3.79. The number of sulfonamides is 1. The normalized spacial score (nSPS) is 18.8. The predicted octanol–water partition coefficient (Wildman–Crippen LogP) is 2.14. The van der Waals surface area contributed by atoms with E-state index >= 15 is 0 Å². The van der Waals surface area contributed by atoms with Gasteiger partial charge in [0.05, 0.1) is 5.75 Å². The Morgan fingerprint density at radius 2 is 1.96 bits per heavy atom. The highest BCUT2D eigenvalue weighted by molar-refractivity contribution is 7.88. The second-order valence-corrected chi connectivity index (χ2v) is 7.99. The van der Waals surface area contributed by atoms with E-state index in [0.29, 0.717) is 5.56 Å². The minimum Gasteiger partial charge on any atom is -0.353 e. The summed E-state index contributed by atoms with van der Waals surface area (Å²) in [6, 6.07) is 11.8. The molecule has 1 N–H and O–H groups in total. The van der Waals surface area contributed by atoms with E-state index in [1.807, 2.05) is 13.0 Å². The van der Waals surface area contributed by atoms with Crippen molar-refractivity contribution in [2.75, 3.05) is 13.1 Å². The van der Waals surface area contributed by atoms with E-state index in [2.05, 4.69) is 5.32 Å². The molecule has 1 fully saturated rings. The molecule has 1 aliphatic rings. The van der Waals surface area contributed by atoms with Gasteiger partial charge >= 0.3 is 0 Å². The van der Waals surface area contributed by atoms with Crippen LogP contribution in [-0.2, 0) is 20.6 Å². The summed E-state index contributed by atoms with van der Waals surface area (Å²) in [4.78, 5) is 12.3. The van der Waals surface area contributed by atoms with Crippen LogP contribution < -0.4 is 5.32 Å². The molecule has 1 saturated heterocycles. The first-order chi connectivity index (χ1) is 11.9. The summed E-state index contributed by atoms with van der Waals surface area (Å²) in [6.07, 6.45) is 0. The first-order valence-corrected chi connectivity index (χ1v) is 9.56. The van der Waals surface area contributed by atoms with Crippen LogP contribution in [-0.4, -0.2) is 31.7 Å². The summed E-state index contributed by atoms with van der Waals surface area (Å²) in [5, 5.41) is 2.62. The van der Waals surface area contributed by atoms with Crippen LogP contribution in [0, 0.1) is 12.7 Å². The van der Waals surface area contributed by atoms with Crippen molar-refractivity contribution in [1.82, 2.24) is 9.62 Å². The number of piperazine rings is 1. The van der Waals surface area contributed by atoms with Crippen LogP contribution in [0.25, 0.3) is 0 Å². The lowest BCUT2D eigenvalue weighted by Crippen LogP contribution is -2.52. The fourth-order valence-corrected chi connectivity index (χ4v) is 4.70. The quantitative estimate of drug-likeness (QED) is 0.906. The molecule has 1 aliphatic heterocycles. The Hall–Kier alpha value is -2.25. The van der Waals surface area contributed by atoms with Crippen molar-refractivity contribution in [3.8, 4) is 0 Å². The molecule has 3 rings (SSSR count). The lowest BCUT2D eigenvalue weighted by atomic mass is 10.0. The van der Waals surface area contributed by atoms with E-state index in [-0.39, 0.29) is 24.4 Å². The molecular formula is C18H19FN2O3S. The van der Waals surface area contributed by atoms with E-state index in [1.165, 1.54) is 18.2 Å². The molecule has 0 aliphatic carbocycles. The molecule has 0 bridgehead atoms. The zero-order chi connectivity index (χ0) is 18.0. The van der Waals surface area contributed by atoms with Crippen molar-refractivity contribution < 1.29 is 17.6 Å². The monoisotopic (exact) mass is 362 g/mol. The summed E-state index contributed by atoms with van der Waals surface area (Å²) in [6.45, 7) is 2.20. The highest BCUT2D eigenvalue weighted by Gasteiger charge is 2.39. The average molecular weight is 362 g/mol. The Kier molecular flexibility index (Phi) is 4.87. The van der Waals surface area contributed by atoms with Gasteiger partial charge in [0.2, 0.25) is 15.9 Å². The average Bonchev–Trinajstić information content (AvgIpc) is 2.55. The molecule has 0 spiro atoms. The first-order valence-electron chi connectivity index (χ1n) is 7.96. The zero-order valence-corrected chi connectivity index (χ0v) is 14.6. The molecule has 25 heavy (non-hydrogen) atoms. The molecule has 1 heterocycles. The maximum absolute atomic E-state index is 14.2. The first kappa shape index (κ1) is 17.6. The standard InChI is InChI=1S/C18H19FN2O3S/c1-13-5-4-6-14(11-13)12-25(23,24)21-10-9-20-18(22)17(21)15-7-2-3-8-16(15)19/h2-8,11,17H,9-10,12H2,1H3,(H,20,22). The second-order valence-electron chi connectivity index (χ2n) is 6.07. The summed E-state index contributed by atoms with van der Waals surface area (Å²) in [5.74, 6) is -1.34. The summed E-state index contributed by atoms with van der Waals surface area (Å²) >= 11 is 0. The van der Waals surface area contributed by atoms with Crippen LogP contribution in [0.3, 0.4) is 0 Å². The SMILES string of the molecule is Cc1cccc(CS(=O)(=O)N2CCNC(=O)C2c2ccccc2F)c1. The van der Waals surface area contributed by atoms with Crippen LogP contribution >= 0.6 is 0 Å². The second kappa shape index (κ2) is 6.93. The topological polar surface area (TPSA) is 66.5 Å². The van der Waals surface area contributed by atoms with Gasteiger partial charge in [-0.15, -0.1) is 0 Å². The number of carbonyl (C=O) groups excluding carboxylic acids is 1. The minimum atomic E-state index is -3.79. The van der Waals surface area contributed by atoms with E-state index in [0.717, 1.165) is 9.87 Å². The maximum Gasteiger partial charge on any atom is 0.243 e. The third-order valence-electron chi connectivity index (χ3n) is 4.16. The molecular weight excluding hydrogens is 343 g/mol. The minimum absolute atomic E-state index is 0.0625. The fourth-order valence-electron chi connectivity index (χ4n) is 3.03. The molecule has 1 atom stereocenters. The van der Waals surface area contributed by atoms with Gasteiger partial charge in [0.1, 0.15) is 11.9 Å². The molecule has 0 radical (unpaired) electrons. The van der Waals surface area contributed by atoms with E-state index < -0.39 is 27.8 Å². The molecule has 1 amide bonds. The molecule has 0 aromatic heterocycles. The smallest absolute Gasteiger partial charge is 0.243 e. The third-order valence-corrected chi connectivity index (χ3v) is 5.96. The van der Waals surface area contributed by atoms with E-state index in [4.69, 9.17) is 0 Å². The van der Waals surface area contributed by atoms with Crippen LogP contribution in [0.15, 0.2) is 48.5 Å². The van der Waals surface area contributed by atoms with Crippen LogP contribution in [0.4, 0.5) is 4.39 Å². The molecule has 7 heteroatoms.